The Hall–Kier alpha value is -2.32. The molecule has 0 aliphatic carbocycles. The maximum absolute atomic E-state index is 13.9. The molecular formula is C28H36Cl2N4O3. The van der Waals surface area contributed by atoms with Gasteiger partial charge in [0.05, 0.1) is 16.1 Å². The minimum Gasteiger partial charge on any atom is -0.492 e. The second-order valence-electron chi connectivity index (χ2n) is 10.4. The first-order chi connectivity index (χ1) is 17.7. The maximum atomic E-state index is 13.9. The van der Waals surface area contributed by atoms with Gasteiger partial charge in [-0.3, -0.25) is 14.5 Å². The molecule has 9 heteroatoms. The monoisotopic (exact) mass is 546 g/mol. The summed E-state index contributed by atoms with van der Waals surface area (Å²) in [5, 5.41) is 3.93. The Morgan fingerprint density at radius 1 is 1.16 bits per heavy atom. The molecule has 1 unspecified atom stereocenters. The molecule has 2 amide bonds. The van der Waals surface area contributed by atoms with Crippen LogP contribution < -0.4 is 15.8 Å². The number of fused-ring (bicyclic) bond motifs is 1. The molecule has 0 spiro atoms. The molecule has 0 saturated carbocycles. The van der Waals surface area contributed by atoms with Gasteiger partial charge in [-0.1, -0.05) is 61.3 Å². The van der Waals surface area contributed by atoms with Gasteiger partial charge in [0.15, 0.2) is 0 Å². The van der Waals surface area contributed by atoms with E-state index in [1.807, 2.05) is 36.4 Å². The van der Waals surface area contributed by atoms with Gasteiger partial charge in [0.1, 0.15) is 18.4 Å². The predicted molar refractivity (Wildman–Crippen MR) is 147 cm³/mol. The van der Waals surface area contributed by atoms with Crippen LogP contribution in [0.1, 0.15) is 38.7 Å². The minimum atomic E-state index is -0.567. The molecular weight excluding hydrogens is 511 g/mol. The van der Waals surface area contributed by atoms with E-state index in [1.165, 1.54) is 0 Å². The van der Waals surface area contributed by atoms with Crippen LogP contribution in [0.25, 0.3) is 0 Å². The quantitative estimate of drug-likeness (QED) is 0.494. The molecule has 2 aliphatic heterocycles. The van der Waals surface area contributed by atoms with Crippen LogP contribution >= 0.6 is 23.2 Å². The van der Waals surface area contributed by atoms with Gasteiger partial charge in [0.2, 0.25) is 11.8 Å². The number of carbonyl (C=O) groups excluding carboxylic acids is 2. The fourth-order valence-electron chi connectivity index (χ4n) is 5.27. The summed E-state index contributed by atoms with van der Waals surface area (Å²) in [5.41, 5.74) is 7.17. The van der Waals surface area contributed by atoms with Crippen molar-refractivity contribution in [3.63, 3.8) is 0 Å². The molecule has 2 fully saturated rings. The molecule has 0 aromatic heterocycles. The Morgan fingerprint density at radius 2 is 1.92 bits per heavy atom. The highest BCUT2D eigenvalue weighted by Crippen LogP contribution is 2.29. The van der Waals surface area contributed by atoms with Crippen molar-refractivity contribution in [3.8, 4) is 5.75 Å². The molecule has 2 aliphatic rings. The highest BCUT2D eigenvalue weighted by molar-refractivity contribution is 6.42. The number of hydrogen-bond acceptors (Lipinski definition) is 5. The zero-order valence-corrected chi connectivity index (χ0v) is 22.9. The lowest BCUT2D eigenvalue weighted by atomic mass is 10.00. The third-order valence-electron chi connectivity index (χ3n) is 7.12. The Labute approximate surface area is 229 Å². The molecule has 2 aromatic rings. The van der Waals surface area contributed by atoms with Gasteiger partial charge >= 0.3 is 0 Å². The molecule has 2 saturated heterocycles. The molecule has 7 nitrogen and oxygen atoms in total. The number of rotatable bonds is 9. The molecule has 0 bridgehead atoms. The van der Waals surface area contributed by atoms with E-state index >= 15 is 0 Å². The van der Waals surface area contributed by atoms with Crippen LogP contribution in [-0.4, -0.2) is 65.5 Å². The molecule has 4 atom stereocenters. The first kappa shape index (κ1) is 27.7. The second kappa shape index (κ2) is 12.5. The number of amides is 2. The van der Waals surface area contributed by atoms with Crippen molar-refractivity contribution < 1.29 is 14.3 Å². The SMILES string of the molecule is CC(C)C[C@H](C(=O)NCc1ccc(Cl)c(Cl)c1)N1CCC(COc2ccccc2)N2C[C@H](N)C[C@H]2C1=O. The van der Waals surface area contributed by atoms with E-state index in [1.54, 1.807) is 17.0 Å². The number of nitrogens with zero attached hydrogens (tertiary/aromatic N) is 2. The smallest absolute Gasteiger partial charge is 0.243 e. The lowest BCUT2D eigenvalue weighted by Crippen LogP contribution is -2.53. The summed E-state index contributed by atoms with van der Waals surface area (Å²) >= 11 is 12.2. The van der Waals surface area contributed by atoms with E-state index in [2.05, 4.69) is 24.1 Å². The lowest BCUT2D eigenvalue weighted by Gasteiger charge is -2.33. The van der Waals surface area contributed by atoms with Gasteiger partial charge in [-0.15, -0.1) is 0 Å². The van der Waals surface area contributed by atoms with Crippen LogP contribution in [0.3, 0.4) is 0 Å². The van der Waals surface area contributed by atoms with Crippen molar-refractivity contribution in [2.45, 2.75) is 63.8 Å². The van der Waals surface area contributed by atoms with E-state index in [9.17, 15) is 9.59 Å². The zero-order valence-electron chi connectivity index (χ0n) is 21.4. The number of para-hydroxylation sites is 1. The molecule has 4 rings (SSSR count). The van der Waals surface area contributed by atoms with Crippen LogP contribution in [0.15, 0.2) is 48.5 Å². The van der Waals surface area contributed by atoms with E-state index in [0.29, 0.717) is 55.5 Å². The first-order valence-corrected chi connectivity index (χ1v) is 13.7. The predicted octanol–water partition coefficient (Wildman–Crippen LogP) is 4.11. The maximum Gasteiger partial charge on any atom is 0.243 e. The first-order valence-electron chi connectivity index (χ1n) is 12.9. The zero-order chi connectivity index (χ0) is 26.5. The van der Waals surface area contributed by atoms with Gasteiger partial charge in [0, 0.05) is 31.7 Å². The lowest BCUT2D eigenvalue weighted by molar-refractivity contribution is -0.143. The summed E-state index contributed by atoms with van der Waals surface area (Å²) < 4.78 is 6.08. The highest BCUT2D eigenvalue weighted by atomic mass is 35.5. The second-order valence-corrected chi connectivity index (χ2v) is 11.2. The van der Waals surface area contributed by atoms with E-state index < -0.39 is 6.04 Å². The van der Waals surface area contributed by atoms with Gasteiger partial charge < -0.3 is 20.7 Å². The third kappa shape index (κ3) is 6.96. The van der Waals surface area contributed by atoms with Crippen molar-refractivity contribution in [2.24, 2.45) is 11.7 Å². The summed E-state index contributed by atoms with van der Waals surface area (Å²) in [6.07, 6.45) is 1.86. The Bertz CT molecular complexity index is 1080. The molecule has 37 heavy (non-hydrogen) atoms. The summed E-state index contributed by atoms with van der Waals surface area (Å²) in [6, 6.07) is 14.0. The van der Waals surface area contributed by atoms with Crippen molar-refractivity contribution in [3.05, 3.63) is 64.1 Å². The van der Waals surface area contributed by atoms with Gasteiger partial charge in [-0.25, -0.2) is 0 Å². The van der Waals surface area contributed by atoms with E-state index in [-0.39, 0.29) is 35.9 Å². The van der Waals surface area contributed by atoms with Crippen molar-refractivity contribution >= 4 is 35.0 Å². The third-order valence-corrected chi connectivity index (χ3v) is 7.86. The molecule has 0 radical (unpaired) electrons. The van der Waals surface area contributed by atoms with Crippen LogP contribution in [0.4, 0.5) is 0 Å². The van der Waals surface area contributed by atoms with Gasteiger partial charge in [0.25, 0.3) is 0 Å². The largest absolute Gasteiger partial charge is 0.492 e. The summed E-state index contributed by atoms with van der Waals surface area (Å²) in [6.45, 7) is 6.03. The summed E-state index contributed by atoms with van der Waals surface area (Å²) in [5.74, 6) is 0.844. The Balaban J connectivity index is 1.50. The van der Waals surface area contributed by atoms with Gasteiger partial charge in [-0.2, -0.15) is 0 Å². The summed E-state index contributed by atoms with van der Waals surface area (Å²) in [7, 11) is 0. The van der Waals surface area contributed by atoms with E-state index in [0.717, 1.165) is 11.3 Å². The topological polar surface area (TPSA) is 87.9 Å². The summed E-state index contributed by atoms with van der Waals surface area (Å²) in [4.78, 5) is 31.3. The fraction of sp³-hybridized carbons (Fsp3) is 0.500. The number of nitrogens with one attached hydrogen (secondary N) is 1. The average Bonchev–Trinajstić information content (AvgIpc) is 3.22. The molecule has 2 aromatic carbocycles. The molecule has 200 valence electrons. The number of hydrogen-bond donors (Lipinski definition) is 2. The highest BCUT2D eigenvalue weighted by Gasteiger charge is 2.46. The van der Waals surface area contributed by atoms with Crippen molar-refractivity contribution in [1.29, 1.82) is 0 Å². The normalized spacial score (nSPS) is 23.0. The number of ether oxygens (including phenoxy) is 1. The average molecular weight is 548 g/mol. The number of carbonyl (C=O) groups is 2. The number of nitrogens with two attached hydrogens (primary N) is 1. The number of halogens is 2. The Morgan fingerprint density at radius 3 is 2.62 bits per heavy atom. The van der Waals surface area contributed by atoms with Crippen LogP contribution in [0, 0.1) is 5.92 Å². The fourth-order valence-corrected chi connectivity index (χ4v) is 5.59. The van der Waals surface area contributed by atoms with E-state index in [4.69, 9.17) is 33.7 Å². The number of benzene rings is 2. The van der Waals surface area contributed by atoms with Crippen LogP contribution in [-0.2, 0) is 16.1 Å². The Kier molecular flexibility index (Phi) is 9.35. The van der Waals surface area contributed by atoms with Crippen LogP contribution in [0.5, 0.6) is 5.75 Å². The molecule has 2 heterocycles. The molecule has 3 N–H and O–H groups in total. The van der Waals surface area contributed by atoms with Crippen LogP contribution in [0.2, 0.25) is 10.0 Å². The minimum absolute atomic E-state index is 0.0227. The van der Waals surface area contributed by atoms with Crippen molar-refractivity contribution in [2.75, 3.05) is 19.7 Å². The standard InChI is InChI=1S/C28H36Cl2N4O3/c1-18(2)12-25(27(35)32-15-19-8-9-23(29)24(30)13-19)33-11-10-21(17-37-22-6-4-3-5-7-22)34-16-20(31)14-26(34)28(33)36/h3-9,13,18,20-21,25-26H,10-12,14-17,31H2,1-2H3,(H,32,35)/t20-,21?,25-,26+/m1/s1. The van der Waals surface area contributed by atoms with Crippen molar-refractivity contribution in [1.82, 2.24) is 15.1 Å². The van der Waals surface area contributed by atoms with Gasteiger partial charge in [-0.05, 0) is 55.0 Å².